The molecule has 5 aliphatic rings. The highest BCUT2D eigenvalue weighted by Crippen LogP contribution is 2.65. The van der Waals surface area contributed by atoms with E-state index in [9.17, 15) is 9.90 Å². The molecule has 3 nitrogen and oxygen atoms in total. The summed E-state index contributed by atoms with van der Waals surface area (Å²) in [5.74, 6) is 2.42. The maximum absolute atomic E-state index is 12.5. The zero-order valence-corrected chi connectivity index (χ0v) is 14.1. The monoisotopic (exact) mass is 313 g/mol. The first-order chi connectivity index (χ1) is 11.1. The Morgan fingerprint density at radius 2 is 2.04 bits per heavy atom. The van der Waals surface area contributed by atoms with Crippen LogP contribution in [-0.4, -0.2) is 29.3 Å². The molecular weight excluding hydrogens is 286 g/mol. The molecule has 3 fully saturated rings. The van der Waals surface area contributed by atoms with Gasteiger partial charge in [-0.1, -0.05) is 18.6 Å². The minimum absolute atomic E-state index is 0.0484. The van der Waals surface area contributed by atoms with Gasteiger partial charge in [-0.3, -0.25) is 9.79 Å². The second-order valence-electron chi connectivity index (χ2n) is 8.89. The van der Waals surface area contributed by atoms with E-state index in [0.29, 0.717) is 23.5 Å². The summed E-state index contributed by atoms with van der Waals surface area (Å²) < 4.78 is 0. The van der Waals surface area contributed by atoms with Crippen LogP contribution < -0.4 is 0 Å². The molecule has 1 N–H and O–H groups in total. The van der Waals surface area contributed by atoms with Gasteiger partial charge in [0.1, 0.15) is 5.78 Å². The predicted octanol–water partition coefficient (Wildman–Crippen LogP) is 3.31. The van der Waals surface area contributed by atoms with Crippen molar-refractivity contribution in [3.63, 3.8) is 0 Å². The lowest BCUT2D eigenvalue weighted by molar-refractivity contribution is -0.131. The Balaban J connectivity index is 1.57. The van der Waals surface area contributed by atoms with Crippen molar-refractivity contribution in [3.05, 3.63) is 11.6 Å². The van der Waals surface area contributed by atoms with Crippen LogP contribution in [0.3, 0.4) is 0 Å². The van der Waals surface area contributed by atoms with Crippen LogP contribution in [0.4, 0.5) is 0 Å². The first-order valence-corrected chi connectivity index (χ1v) is 9.50. The molecule has 0 radical (unpaired) electrons. The second-order valence-corrected chi connectivity index (χ2v) is 8.89. The van der Waals surface area contributed by atoms with Gasteiger partial charge >= 0.3 is 0 Å². The van der Waals surface area contributed by atoms with Gasteiger partial charge in [0, 0.05) is 23.0 Å². The molecule has 0 aromatic carbocycles. The fraction of sp³-hybridized carbons (Fsp3) is 0.800. The number of Topliss-reactive ketones (excluding diaryl/α,β-unsaturated/α-hetero) is 1. The molecule has 0 saturated heterocycles. The number of carbonyl (C=O) groups excluding carboxylic acids is 1. The Kier molecular flexibility index (Phi) is 2.85. The smallest absolute Gasteiger partial charge is 0.139 e. The largest absolute Gasteiger partial charge is 0.393 e. The van der Waals surface area contributed by atoms with Gasteiger partial charge in [0.15, 0.2) is 0 Å². The lowest BCUT2D eigenvalue weighted by Crippen LogP contribution is -2.53. The van der Waals surface area contributed by atoms with Crippen molar-refractivity contribution < 1.29 is 9.90 Å². The van der Waals surface area contributed by atoms with E-state index in [2.05, 4.69) is 18.0 Å². The number of aliphatic hydroxyl groups is 1. The average Bonchev–Trinajstić information content (AvgIpc) is 3.34. The standard InChI is InChI=1S/C20H27NO2/c1-19-8-7-16-14(15(19)4-5-18(19)23)3-2-12-10-13(22)6-9-20(12,16)17-11-21-17/h2,13-16,22H,3-11H2,1H3/t13-,14-,15-,16-,19-,20+/m0/s1. The highest BCUT2D eigenvalue weighted by atomic mass is 16.3. The number of ketones is 1. The minimum atomic E-state index is -0.160. The summed E-state index contributed by atoms with van der Waals surface area (Å²) in [4.78, 5) is 17.1. The van der Waals surface area contributed by atoms with E-state index >= 15 is 0 Å². The van der Waals surface area contributed by atoms with Crippen LogP contribution in [0.1, 0.15) is 58.3 Å². The number of rotatable bonds is 1. The van der Waals surface area contributed by atoms with E-state index in [1.807, 2.05) is 0 Å². The first kappa shape index (κ1) is 14.4. The third-order valence-corrected chi connectivity index (χ3v) is 8.15. The molecule has 1 heterocycles. The van der Waals surface area contributed by atoms with Crippen LogP contribution >= 0.6 is 0 Å². The molecule has 5 rings (SSSR count). The number of fused-ring (bicyclic) bond motifs is 5. The lowest BCUT2D eigenvalue weighted by atomic mass is 9.47. The van der Waals surface area contributed by atoms with Crippen LogP contribution in [0, 0.1) is 28.6 Å². The van der Waals surface area contributed by atoms with Gasteiger partial charge in [-0.2, -0.15) is 0 Å². The lowest BCUT2D eigenvalue weighted by Gasteiger charge is -2.56. The summed E-state index contributed by atoms with van der Waals surface area (Å²) in [6.07, 6.45) is 10.4. The summed E-state index contributed by atoms with van der Waals surface area (Å²) in [5, 5.41) is 10.2. The molecule has 0 aromatic heterocycles. The molecule has 6 atom stereocenters. The van der Waals surface area contributed by atoms with Crippen molar-refractivity contribution in [2.24, 2.45) is 33.6 Å². The molecule has 3 saturated carbocycles. The predicted molar refractivity (Wildman–Crippen MR) is 89.3 cm³/mol. The Hall–Kier alpha value is -0.960. The van der Waals surface area contributed by atoms with Crippen molar-refractivity contribution in [2.45, 2.75) is 64.4 Å². The van der Waals surface area contributed by atoms with Crippen LogP contribution in [0.2, 0.25) is 0 Å². The van der Waals surface area contributed by atoms with Crippen molar-refractivity contribution in [2.75, 3.05) is 6.54 Å². The second kappa shape index (κ2) is 4.56. The molecule has 0 spiro atoms. The summed E-state index contributed by atoms with van der Waals surface area (Å²) in [6, 6.07) is 0. The zero-order valence-electron chi connectivity index (χ0n) is 14.1. The van der Waals surface area contributed by atoms with Gasteiger partial charge in [-0.25, -0.2) is 0 Å². The molecular formula is C20H27NO2. The molecule has 3 heteroatoms. The van der Waals surface area contributed by atoms with Crippen molar-refractivity contribution in [1.82, 2.24) is 0 Å². The summed E-state index contributed by atoms with van der Waals surface area (Å²) in [6.45, 7) is 3.19. The Morgan fingerprint density at radius 1 is 1.22 bits per heavy atom. The van der Waals surface area contributed by atoms with Gasteiger partial charge in [0.05, 0.1) is 12.6 Å². The quantitative estimate of drug-likeness (QED) is 0.755. The topological polar surface area (TPSA) is 49.7 Å². The van der Waals surface area contributed by atoms with Gasteiger partial charge in [-0.05, 0) is 62.7 Å². The van der Waals surface area contributed by atoms with Gasteiger partial charge < -0.3 is 5.11 Å². The number of nitrogens with zero attached hydrogens (tertiary/aromatic N) is 1. The number of carbonyl (C=O) groups is 1. The molecule has 0 unspecified atom stereocenters. The maximum Gasteiger partial charge on any atom is 0.139 e. The fourth-order valence-electron chi connectivity index (χ4n) is 6.92. The molecule has 0 bridgehead atoms. The van der Waals surface area contributed by atoms with Crippen molar-refractivity contribution >= 4 is 11.5 Å². The zero-order chi connectivity index (χ0) is 15.8. The van der Waals surface area contributed by atoms with E-state index in [-0.39, 0.29) is 16.9 Å². The third kappa shape index (κ3) is 1.75. The van der Waals surface area contributed by atoms with E-state index in [1.165, 1.54) is 17.7 Å². The van der Waals surface area contributed by atoms with Gasteiger partial charge in [0.25, 0.3) is 0 Å². The SMILES string of the molecule is C[C@]12CC[C@H]3[C@@H](CC=C4C[C@@H](O)CC[C@@]43C3=NC3)[C@@H]1CCC2=O. The van der Waals surface area contributed by atoms with Crippen LogP contribution in [0.15, 0.2) is 16.6 Å². The number of aliphatic hydroxyl groups excluding tert-OH is 1. The Morgan fingerprint density at radius 3 is 2.83 bits per heavy atom. The van der Waals surface area contributed by atoms with Crippen LogP contribution in [0.5, 0.6) is 0 Å². The van der Waals surface area contributed by atoms with Gasteiger partial charge in [0.2, 0.25) is 0 Å². The first-order valence-electron chi connectivity index (χ1n) is 9.50. The third-order valence-electron chi connectivity index (χ3n) is 8.15. The number of hydrogen-bond donors (Lipinski definition) is 1. The molecule has 23 heavy (non-hydrogen) atoms. The number of hydrogen-bond acceptors (Lipinski definition) is 3. The molecule has 124 valence electrons. The highest BCUT2D eigenvalue weighted by Gasteiger charge is 2.61. The minimum Gasteiger partial charge on any atom is -0.393 e. The Labute approximate surface area is 138 Å². The highest BCUT2D eigenvalue weighted by molar-refractivity contribution is 6.04. The van der Waals surface area contributed by atoms with E-state index in [0.717, 1.165) is 51.5 Å². The van der Waals surface area contributed by atoms with Crippen LogP contribution in [-0.2, 0) is 4.79 Å². The van der Waals surface area contributed by atoms with E-state index < -0.39 is 0 Å². The average molecular weight is 313 g/mol. The summed E-state index contributed by atoms with van der Waals surface area (Å²) >= 11 is 0. The maximum atomic E-state index is 12.5. The molecule has 1 aliphatic heterocycles. The normalized spacial score (nSPS) is 51.3. The van der Waals surface area contributed by atoms with Crippen molar-refractivity contribution in [1.29, 1.82) is 0 Å². The Bertz CT molecular complexity index is 636. The number of allylic oxidation sites excluding steroid dienone is 1. The van der Waals surface area contributed by atoms with Crippen LogP contribution in [0.25, 0.3) is 0 Å². The molecule has 0 amide bonds. The fourth-order valence-corrected chi connectivity index (χ4v) is 6.92. The molecule has 4 aliphatic carbocycles. The van der Waals surface area contributed by atoms with Gasteiger partial charge in [-0.15, -0.1) is 0 Å². The summed E-state index contributed by atoms with van der Waals surface area (Å²) in [7, 11) is 0. The number of aliphatic imine (C=N–C) groups is 1. The summed E-state index contributed by atoms with van der Waals surface area (Å²) in [5.41, 5.74) is 3.02. The van der Waals surface area contributed by atoms with Crippen molar-refractivity contribution in [3.8, 4) is 0 Å². The van der Waals surface area contributed by atoms with E-state index in [1.54, 1.807) is 0 Å². The molecule has 0 aromatic rings. The van der Waals surface area contributed by atoms with E-state index in [4.69, 9.17) is 0 Å².